The summed E-state index contributed by atoms with van der Waals surface area (Å²) in [5.41, 5.74) is 0.0361. The number of hydrogen-bond acceptors (Lipinski definition) is 3. The van der Waals surface area contributed by atoms with Crippen molar-refractivity contribution in [3.63, 3.8) is 0 Å². The van der Waals surface area contributed by atoms with Gasteiger partial charge in [0, 0.05) is 26.2 Å². The molecule has 0 aromatic rings. The number of nitrogens with one attached hydrogen (secondary N) is 1. The van der Waals surface area contributed by atoms with Crippen LogP contribution in [0.3, 0.4) is 0 Å². The Labute approximate surface area is 121 Å². The van der Waals surface area contributed by atoms with E-state index >= 15 is 0 Å². The summed E-state index contributed by atoms with van der Waals surface area (Å²) >= 11 is 0. The monoisotopic (exact) mass is 284 g/mol. The molecule has 5 nitrogen and oxygen atoms in total. The van der Waals surface area contributed by atoms with Crippen LogP contribution in [0.4, 0.5) is 4.79 Å². The van der Waals surface area contributed by atoms with E-state index in [4.69, 9.17) is 4.74 Å². The molecule has 2 atom stereocenters. The molecule has 2 amide bonds. The Morgan fingerprint density at radius 2 is 2.20 bits per heavy atom. The van der Waals surface area contributed by atoms with Crippen LogP contribution in [0.25, 0.3) is 0 Å². The van der Waals surface area contributed by atoms with E-state index in [1.54, 1.807) is 18.9 Å². The first kappa shape index (κ1) is 15.6. The largest absolute Gasteiger partial charge is 0.393 e. The zero-order valence-corrected chi connectivity index (χ0v) is 12.7. The lowest BCUT2D eigenvalue weighted by molar-refractivity contribution is -0.0823. The van der Waals surface area contributed by atoms with Gasteiger partial charge in [-0.2, -0.15) is 0 Å². The highest BCUT2D eigenvalue weighted by atomic mass is 16.5. The summed E-state index contributed by atoms with van der Waals surface area (Å²) in [5, 5.41) is 12.4. The Hall–Kier alpha value is -0.810. The summed E-state index contributed by atoms with van der Waals surface area (Å²) in [5.74, 6) is 0. The summed E-state index contributed by atoms with van der Waals surface area (Å²) in [6.45, 7) is 3.08. The van der Waals surface area contributed by atoms with Crippen LogP contribution in [0.1, 0.15) is 51.9 Å². The van der Waals surface area contributed by atoms with E-state index in [0.717, 1.165) is 32.3 Å². The van der Waals surface area contributed by atoms with Crippen LogP contribution in [0, 0.1) is 0 Å². The van der Waals surface area contributed by atoms with Crippen LogP contribution >= 0.6 is 0 Å². The van der Waals surface area contributed by atoms with Crippen molar-refractivity contribution in [2.75, 3.05) is 20.2 Å². The average Bonchev–Trinajstić information content (AvgIpc) is 2.83. The van der Waals surface area contributed by atoms with E-state index in [-0.39, 0.29) is 23.8 Å². The number of aliphatic hydroxyl groups is 1. The molecular formula is C15H28N2O3. The molecule has 2 aliphatic rings. The van der Waals surface area contributed by atoms with E-state index in [9.17, 15) is 9.90 Å². The maximum absolute atomic E-state index is 12.1. The Morgan fingerprint density at radius 3 is 2.85 bits per heavy atom. The standard InChI is InChI=1S/C15H28N2O3/c1-12(18)5-9-17(2)14(19)16-13-6-10-20-15(11-13)7-3-4-8-15/h12-13,18H,3-11H2,1-2H3,(H,16,19). The maximum Gasteiger partial charge on any atom is 0.317 e. The van der Waals surface area contributed by atoms with Crippen LogP contribution in [0.15, 0.2) is 0 Å². The summed E-state index contributed by atoms with van der Waals surface area (Å²) in [7, 11) is 1.78. The molecule has 2 unspecified atom stereocenters. The molecule has 1 spiro atoms. The van der Waals surface area contributed by atoms with E-state index in [2.05, 4.69) is 5.32 Å². The molecule has 1 aliphatic carbocycles. The smallest absolute Gasteiger partial charge is 0.317 e. The second-order valence-electron chi connectivity index (χ2n) is 6.44. The van der Waals surface area contributed by atoms with Gasteiger partial charge >= 0.3 is 6.03 Å². The van der Waals surface area contributed by atoms with Crippen molar-refractivity contribution in [3.8, 4) is 0 Å². The van der Waals surface area contributed by atoms with E-state index < -0.39 is 0 Å². The fourth-order valence-corrected chi connectivity index (χ4v) is 3.29. The molecule has 1 heterocycles. The van der Waals surface area contributed by atoms with E-state index in [1.165, 1.54) is 12.8 Å². The minimum absolute atomic E-state index is 0.0361. The molecular weight excluding hydrogens is 256 g/mol. The van der Waals surface area contributed by atoms with Crippen molar-refractivity contribution in [1.82, 2.24) is 10.2 Å². The fourth-order valence-electron chi connectivity index (χ4n) is 3.29. The van der Waals surface area contributed by atoms with Crippen molar-refractivity contribution in [3.05, 3.63) is 0 Å². The van der Waals surface area contributed by atoms with Crippen LogP contribution in [-0.4, -0.2) is 54.0 Å². The third kappa shape index (κ3) is 4.09. The third-order valence-corrected chi connectivity index (χ3v) is 4.56. The molecule has 1 saturated carbocycles. The van der Waals surface area contributed by atoms with Crippen molar-refractivity contribution in [2.45, 2.75) is 69.6 Å². The molecule has 2 fully saturated rings. The van der Waals surface area contributed by atoms with Gasteiger partial charge in [-0.3, -0.25) is 0 Å². The van der Waals surface area contributed by atoms with Gasteiger partial charge in [-0.05, 0) is 39.0 Å². The van der Waals surface area contributed by atoms with Crippen LogP contribution in [0.2, 0.25) is 0 Å². The first-order chi connectivity index (χ1) is 9.51. The zero-order chi connectivity index (χ0) is 14.6. The number of hydrogen-bond donors (Lipinski definition) is 2. The fraction of sp³-hybridized carbons (Fsp3) is 0.933. The lowest BCUT2D eigenvalue weighted by Crippen LogP contribution is -2.50. The van der Waals surface area contributed by atoms with Gasteiger partial charge in [0.2, 0.25) is 0 Å². The van der Waals surface area contributed by atoms with Crippen LogP contribution < -0.4 is 5.32 Å². The Morgan fingerprint density at radius 1 is 1.50 bits per heavy atom. The van der Waals surface area contributed by atoms with Gasteiger partial charge in [-0.1, -0.05) is 12.8 Å². The molecule has 5 heteroatoms. The molecule has 0 aromatic carbocycles. The molecule has 2 N–H and O–H groups in total. The minimum atomic E-state index is -0.366. The molecule has 20 heavy (non-hydrogen) atoms. The summed E-state index contributed by atoms with van der Waals surface area (Å²) in [6.07, 6.45) is 6.86. The van der Waals surface area contributed by atoms with Gasteiger partial charge in [-0.15, -0.1) is 0 Å². The van der Waals surface area contributed by atoms with E-state index in [1.807, 2.05) is 0 Å². The van der Waals surface area contributed by atoms with Crippen molar-refractivity contribution >= 4 is 6.03 Å². The van der Waals surface area contributed by atoms with Crippen molar-refractivity contribution in [2.24, 2.45) is 0 Å². The molecule has 0 bridgehead atoms. The van der Waals surface area contributed by atoms with Crippen LogP contribution in [0.5, 0.6) is 0 Å². The molecule has 1 aliphatic heterocycles. The zero-order valence-electron chi connectivity index (χ0n) is 12.7. The highest BCUT2D eigenvalue weighted by Gasteiger charge is 2.40. The predicted octanol–water partition coefficient (Wildman–Crippen LogP) is 1.89. The predicted molar refractivity (Wildman–Crippen MR) is 77.6 cm³/mol. The Kier molecular flexibility index (Phi) is 5.27. The maximum atomic E-state index is 12.1. The summed E-state index contributed by atoms with van der Waals surface area (Å²) in [4.78, 5) is 13.8. The number of carbonyl (C=O) groups is 1. The number of nitrogens with zero attached hydrogens (tertiary/aromatic N) is 1. The van der Waals surface area contributed by atoms with Gasteiger partial charge in [0.1, 0.15) is 0 Å². The van der Waals surface area contributed by atoms with Gasteiger partial charge in [0.05, 0.1) is 11.7 Å². The van der Waals surface area contributed by atoms with Gasteiger partial charge in [0.25, 0.3) is 0 Å². The summed E-state index contributed by atoms with van der Waals surface area (Å²) < 4.78 is 5.98. The molecule has 0 radical (unpaired) electrons. The molecule has 1 saturated heterocycles. The van der Waals surface area contributed by atoms with Crippen molar-refractivity contribution < 1.29 is 14.6 Å². The van der Waals surface area contributed by atoms with Crippen molar-refractivity contribution in [1.29, 1.82) is 0 Å². The lowest BCUT2D eigenvalue weighted by atomic mass is 9.89. The first-order valence-electron chi connectivity index (χ1n) is 7.84. The normalized spacial score (nSPS) is 26.4. The summed E-state index contributed by atoms with van der Waals surface area (Å²) in [6, 6.07) is 0.189. The number of carbonyl (C=O) groups excluding carboxylic acids is 1. The van der Waals surface area contributed by atoms with Gasteiger partial charge < -0.3 is 20.1 Å². The molecule has 0 aromatic heterocycles. The SMILES string of the molecule is CC(O)CCN(C)C(=O)NC1CCOC2(CCCC2)C1. The second-order valence-corrected chi connectivity index (χ2v) is 6.44. The highest BCUT2D eigenvalue weighted by molar-refractivity contribution is 5.74. The van der Waals surface area contributed by atoms with Gasteiger partial charge in [0.15, 0.2) is 0 Å². The van der Waals surface area contributed by atoms with Crippen LogP contribution in [-0.2, 0) is 4.74 Å². The molecule has 2 rings (SSSR count). The topological polar surface area (TPSA) is 61.8 Å². The number of urea groups is 1. The second kappa shape index (κ2) is 6.76. The number of amides is 2. The highest BCUT2D eigenvalue weighted by Crippen LogP contribution is 2.39. The number of rotatable bonds is 4. The number of ether oxygens (including phenoxy) is 1. The molecule has 116 valence electrons. The lowest BCUT2D eigenvalue weighted by Gasteiger charge is -2.39. The number of aliphatic hydroxyl groups excluding tert-OH is 1. The van der Waals surface area contributed by atoms with E-state index in [0.29, 0.717) is 13.0 Å². The Balaban J connectivity index is 1.78. The first-order valence-corrected chi connectivity index (χ1v) is 7.84. The van der Waals surface area contributed by atoms with Gasteiger partial charge in [-0.25, -0.2) is 4.79 Å². The minimum Gasteiger partial charge on any atom is -0.393 e. The Bertz CT molecular complexity index is 327. The third-order valence-electron chi connectivity index (χ3n) is 4.56. The quantitative estimate of drug-likeness (QED) is 0.828. The average molecular weight is 284 g/mol.